The maximum Gasteiger partial charge on any atom is 0.225 e. The highest BCUT2D eigenvalue weighted by Gasteiger charge is 2.07. The highest BCUT2D eigenvalue weighted by Crippen LogP contribution is 2.11. The first kappa shape index (κ1) is 13.2. The van der Waals surface area contributed by atoms with Crippen LogP contribution in [0.2, 0.25) is 0 Å². The largest absolute Gasteiger partial charge is 0.343 e. The number of likely N-dealkylation sites (N-methyl/N-ethyl adjacent to an activating group) is 2. The first-order chi connectivity index (χ1) is 7.54. The van der Waals surface area contributed by atoms with Gasteiger partial charge in [0, 0.05) is 37.6 Å². The second-order valence-corrected chi connectivity index (χ2v) is 4.41. The van der Waals surface area contributed by atoms with Crippen LogP contribution in [0.3, 0.4) is 0 Å². The highest BCUT2D eigenvalue weighted by molar-refractivity contribution is 6.17. The normalized spacial score (nSPS) is 10.9. The molecule has 0 aromatic carbocycles. The Hall–Kier alpha value is -0.870. The zero-order valence-corrected chi connectivity index (χ0v) is 11.1. The van der Waals surface area contributed by atoms with Gasteiger partial charge < -0.3 is 9.80 Å². The van der Waals surface area contributed by atoms with Crippen molar-refractivity contribution in [1.29, 1.82) is 0 Å². The van der Waals surface area contributed by atoms with E-state index in [9.17, 15) is 0 Å². The second-order valence-electron chi connectivity index (χ2n) is 4.14. The Balaban J connectivity index is 2.69. The third-order valence-electron chi connectivity index (χ3n) is 2.44. The Labute approximate surface area is 102 Å². The summed E-state index contributed by atoms with van der Waals surface area (Å²) in [6, 6.07) is 0. The lowest BCUT2D eigenvalue weighted by atomic mass is 10.3. The monoisotopic (exact) mass is 242 g/mol. The van der Waals surface area contributed by atoms with Gasteiger partial charge in [0.1, 0.15) is 0 Å². The Morgan fingerprint density at radius 2 is 1.94 bits per heavy atom. The third-order valence-corrected chi connectivity index (χ3v) is 2.72. The molecule has 0 aliphatic rings. The number of alkyl halides is 1. The lowest BCUT2D eigenvalue weighted by Crippen LogP contribution is -2.29. The Kier molecular flexibility index (Phi) is 4.96. The molecule has 5 heteroatoms. The molecule has 0 atom stereocenters. The first-order valence-corrected chi connectivity index (χ1v) is 5.82. The van der Waals surface area contributed by atoms with E-state index in [1.54, 1.807) is 6.20 Å². The molecular weight excluding hydrogens is 224 g/mol. The lowest BCUT2D eigenvalue weighted by molar-refractivity contribution is 0.415. The maximum atomic E-state index is 5.77. The van der Waals surface area contributed by atoms with Crippen molar-refractivity contribution in [2.24, 2.45) is 0 Å². The van der Waals surface area contributed by atoms with Crippen LogP contribution in [0, 0.1) is 6.92 Å². The number of halogens is 1. The van der Waals surface area contributed by atoms with Crippen molar-refractivity contribution in [1.82, 2.24) is 14.9 Å². The molecule has 0 bridgehead atoms. The predicted octanol–water partition coefficient (Wildman–Crippen LogP) is 1.52. The van der Waals surface area contributed by atoms with Crippen molar-refractivity contribution in [3.63, 3.8) is 0 Å². The van der Waals surface area contributed by atoms with Crippen LogP contribution in [0.4, 0.5) is 5.95 Å². The summed E-state index contributed by atoms with van der Waals surface area (Å²) in [5.74, 6) is 1.22. The van der Waals surface area contributed by atoms with Crippen molar-refractivity contribution in [3.05, 3.63) is 17.5 Å². The average molecular weight is 243 g/mol. The molecule has 4 nitrogen and oxygen atoms in total. The van der Waals surface area contributed by atoms with Crippen LogP contribution >= 0.6 is 11.6 Å². The molecule has 0 aliphatic heterocycles. The van der Waals surface area contributed by atoms with Crippen LogP contribution in [0.1, 0.15) is 11.3 Å². The molecule has 1 rings (SSSR count). The number of aryl methyl sites for hydroxylation is 1. The van der Waals surface area contributed by atoms with Gasteiger partial charge in [-0.2, -0.15) is 0 Å². The number of hydrogen-bond donors (Lipinski definition) is 0. The van der Waals surface area contributed by atoms with Crippen molar-refractivity contribution >= 4 is 17.5 Å². The van der Waals surface area contributed by atoms with Gasteiger partial charge in [0.2, 0.25) is 5.95 Å². The molecule has 0 amide bonds. The van der Waals surface area contributed by atoms with Crippen LogP contribution in [0.25, 0.3) is 0 Å². The standard InChI is InChI=1S/C11H19ClN4/c1-9-10(7-12)8-13-11(14-9)16(4)6-5-15(2)3/h8H,5-7H2,1-4H3. The van der Waals surface area contributed by atoms with Gasteiger partial charge in [0.05, 0.1) is 5.88 Å². The molecule has 0 saturated heterocycles. The van der Waals surface area contributed by atoms with Crippen molar-refractivity contribution < 1.29 is 0 Å². The van der Waals surface area contributed by atoms with E-state index < -0.39 is 0 Å². The molecule has 0 saturated carbocycles. The maximum absolute atomic E-state index is 5.77. The van der Waals surface area contributed by atoms with E-state index in [1.807, 2.05) is 18.9 Å². The molecule has 0 radical (unpaired) electrons. The minimum atomic E-state index is 0.466. The van der Waals surface area contributed by atoms with Crippen LogP contribution in [0.15, 0.2) is 6.20 Å². The summed E-state index contributed by atoms with van der Waals surface area (Å²) in [7, 11) is 6.10. The highest BCUT2D eigenvalue weighted by atomic mass is 35.5. The van der Waals surface area contributed by atoms with Crippen LogP contribution in [-0.4, -0.2) is 49.1 Å². The van der Waals surface area contributed by atoms with Crippen LogP contribution in [-0.2, 0) is 5.88 Å². The molecule has 1 heterocycles. The van der Waals surface area contributed by atoms with Gasteiger partial charge in [-0.05, 0) is 21.0 Å². The third kappa shape index (κ3) is 3.61. The SMILES string of the molecule is Cc1nc(N(C)CCN(C)C)ncc1CCl. The topological polar surface area (TPSA) is 32.3 Å². The quantitative estimate of drug-likeness (QED) is 0.733. The fraction of sp³-hybridized carbons (Fsp3) is 0.636. The van der Waals surface area contributed by atoms with E-state index in [0.29, 0.717) is 5.88 Å². The van der Waals surface area contributed by atoms with Crippen molar-refractivity contribution in [2.75, 3.05) is 39.1 Å². The summed E-state index contributed by atoms with van der Waals surface area (Å²) in [6.45, 7) is 3.85. The smallest absolute Gasteiger partial charge is 0.225 e. The summed E-state index contributed by atoms with van der Waals surface area (Å²) >= 11 is 5.77. The average Bonchev–Trinajstić information content (AvgIpc) is 2.25. The molecule has 1 aromatic rings. The van der Waals surface area contributed by atoms with E-state index >= 15 is 0 Å². The molecule has 1 aromatic heterocycles. The molecule has 90 valence electrons. The lowest BCUT2D eigenvalue weighted by Gasteiger charge is -2.20. The predicted molar refractivity (Wildman–Crippen MR) is 68.2 cm³/mol. The van der Waals surface area contributed by atoms with Crippen LogP contribution < -0.4 is 4.90 Å². The molecule has 0 spiro atoms. The van der Waals surface area contributed by atoms with E-state index in [-0.39, 0.29) is 0 Å². The Morgan fingerprint density at radius 3 is 2.44 bits per heavy atom. The minimum Gasteiger partial charge on any atom is -0.343 e. The molecule has 0 N–H and O–H groups in total. The van der Waals surface area contributed by atoms with Gasteiger partial charge in [-0.25, -0.2) is 9.97 Å². The van der Waals surface area contributed by atoms with Crippen LogP contribution in [0.5, 0.6) is 0 Å². The van der Waals surface area contributed by atoms with Gasteiger partial charge in [-0.1, -0.05) is 0 Å². The summed E-state index contributed by atoms with van der Waals surface area (Å²) in [4.78, 5) is 12.9. The summed E-state index contributed by atoms with van der Waals surface area (Å²) in [5.41, 5.74) is 1.95. The van der Waals surface area contributed by atoms with Crippen molar-refractivity contribution in [2.45, 2.75) is 12.8 Å². The molecule has 0 unspecified atom stereocenters. The molecule has 0 fully saturated rings. The van der Waals surface area contributed by atoms with E-state index in [1.165, 1.54) is 0 Å². The fourth-order valence-corrected chi connectivity index (χ4v) is 1.51. The number of nitrogens with zero attached hydrogens (tertiary/aromatic N) is 4. The Bertz CT molecular complexity index is 341. The first-order valence-electron chi connectivity index (χ1n) is 5.29. The van der Waals surface area contributed by atoms with Crippen molar-refractivity contribution in [3.8, 4) is 0 Å². The van der Waals surface area contributed by atoms with E-state index in [0.717, 1.165) is 30.3 Å². The number of rotatable bonds is 5. The van der Waals surface area contributed by atoms with E-state index in [2.05, 4.69) is 29.0 Å². The fourth-order valence-electron chi connectivity index (χ4n) is 1.24. The molecule has 0 aliphatic carbocycles. The molecule has 16 heavy (non-hydrogen) atoms. The van der Waals surface area contributed by atoms with Gasteiger partial charge in [0.25, 0.3) is 0 Å². The number of hydrogen-bond acceptors (Lipinski definition) is 4. The zero-order valence-electron chi connectivity index (χ0n) is 10.4. The summed E-state index contributed by atoms with van der Waals surface area (Å²) < 4.78 is 0. The molecular formula is C11H19ClN4. The Morgan fingerprint density at radius 1 is 1.25 bits per heavy atom. The van der Waals surface area contributed by atoms with Gasteiger partial charge in [0.15, 0.2) is 0 Å². The minimum absolute atomic E-state index is 0.466. The zero-order chi connectivity index (χ0) is 12.1. The van der Waals surface area contributed by atoms with Gasteiger partial charge in [-0.3, -0.25) is 0 Å². The number of aromatic nitrogens is 2. The van der Waals surface area contributed by atoms with Gasteiger partial charge >= 0.3 is 0 Å². The second kappa shape index (κ2) is 6.01. The summed E-state index contributed by atoms with van der Waals surface area (Å²) in [5, 5.41) is 0. The van der Waals surface area contributed by atoms with Gasteiger partial charge in [-0.15, -0.1) is 11.6 Å². The summed E-state index contributed by atoms with van der Waals surface area (Å²) in [6.07, 6.45) is 1.80. The number of anilines is 1. The van der Waals surface area contributed by atoms with E-state index in [4.69, 9.17) is 11.6 Å².